The molecule has 5 heteroatoms. The summed E-state index contributed by atoms with van der Waals surface area (Å²) in [5.41, 5.74) is 22.5. The zero-order valence-corrected chi connectivity index (χ0v) is 34.6. The minimum absolute atomic E-state index is 0.0185. The number of nitrogens with zero attached hydrogens (tertiary/aromatic N) is 4. The van der Waals surface area contributed by atoms with Gasteiger partial charge < -0.3 is 0 Å². The molecule has 1 aliphatic carbocycles. The lowest BCUT2D eigenvalue weighted by Gasteiger charge is -2.30. The monoisotopic (exact) mass is 760 g/mol. The van der Waals surface area contributed by atoms with Crippen LogP contribution in [0.2, 0.25) is 0 Å². The maximum atomic E-state index is 5.38. The van der Waals surface area contributed by atoms with E-state index in [4.69, 9.17) is 15.0 Å². The van der Waals surface area contributed by atoms with Crippen LogP contribution in [0.1, 0.15) is 44.5 Å². The van der Waals surface area contributed by atoms with Crippen LogP contribution in [0.15, 0.2) is 140 Å². The molecule has 0 aliphatic heterocycles. The number of hydrogen-bond acceptors (Lipinski definition) is 4. The van der Waals surface area contributed by atoms with Crippen molar-refractivity contribution in [3.05, 3.63) is 184 Å². The highest BCUT2D eigenvalue weighted by atomic mass is 14.8. The van der Waals surface area contributed by atoms with Gasteiger partial charge in [-0.3, -0.25) is 9.97 Å². The van der Waals surface area contributed by atoms with Gasteiger partial charge in [0.1, 0.15) is 0 Å². The fraction of sp³-hybridized carbons (Fsp3) is 0.148. The van der Waals surface area contributed by atoms with Crippen LogP contribution in [0, 0.1) is 41.5 Å². The summed E-state index contributed by atoms with van der Waals surface area (Å²) in [7, 11) is 0. The molecule has 0 unspecified atom stereocenters. The maximum Gasteiger partial charge on any atom is 0.242 e. The fourth-order valence-electron chi connectivity index (χ4n) is 10.2. The van der Waals surface area contributed by atoms with Crippen LogP contribution in [0.3, 0.4) is 0 Å². The highest BCUT2D eigenvalue weighted by Crippen LogP contribution is 2.43. The second-order valence-corrected chi connectivity index (χ2v) is 16.5. The Morgan fingerprint density at radius 3 is 1.44 bits per heavy atom. The van der Waals surface area contributed by atoms with E-state index in [-0.39, 0.29) is 6.71 Å². The van der Waals surface area contributed by atoms with E-state index in [1.165, 1.54) is 82.4 Å². The summed E-state index contributed by atoms with van der Waals surface area (Å²) < 4.78 is 0. The standard InChI is InChI=1S/C54H45BN4/c1-32-27-34(3)53(35(4)28-32)55(54-36(5)29-33(2)30-37(54)6)44-31-43(46-16-12-18-50(59-46)48-14-8-10-26-57-48)41-24-23-40-39(21-19-38-20-22-42(44)52(41)51(38)40)45-15-11-17-49(58-45)47-13-7-9-25-56-47/h7-19,21,23-31H,20,22H2,1-6H3. The van der Waals surface area contributed by atoms with E-state index in [9.17, 15) is 0 Å². The minimum Gasteiger partial charge on any atom is -0.255 e. The molecule has 0 bridgehead atoms. The molecular weight excluding hydrogens is 715 g/mol. The first-order valence-corrected chi connectivity index (χ1v) is 20.7. The van der Waals surface area contributed by atoms with Gasteiger partial charge in [-0.1, -0.05) is 129 Å². The van der Waals surface area contributed by atoms with Crippen LogP contribution < -0.4 is 16.4 Å². The van der Waals surface area contributed by atoms with Gasteiger partial charge >= 0.3 is 0 Å². The predicted molar refractivity (Wildman–Crippen MR) is 248 cm³/mol. The first-order chi connectivity index (χ1) is 28.7. The van der Waals surface area contributed by atoms with Crippen molar-refractivity contribution in [2.45, 2.75) is 54.4 Å². The molecule has 5 aromatic carbocycles. The van der Waals surface area contributed by atoms with Crippen LogP contribution in [-0.2, 0) is 12.8 Å². The first-order valence-electron chi connectivity index (χ1n) is 20.7. The van der Waals surface area contributed by atoms with Crippen LogP contribution >= 0.6 is 0 Å². The summed E-state index contributed by atoms with van der Waals surface area (Å²) in [6.07, 6.45) is 5.59. The molecule has 4 aromatic heterocycles. The van der Waals surface area contributed by atoms with Gasteiger partial charge in [0.05, 0.1) is 34.2 Å². The van der Waals surface area contributed by atoms with Crippen LogP contribution in [-0.4, -0.2) is 26.6 Å². The van der Waals surface area contributed by atoms with Crippen molar-refractivity contribution in [3.63, 3.8) is 0 Å². The third-order valence-corrected chi connectivity index (χ3v) is 12.4. The second-order valence-electron chi connectivity index (χ2n) is 16.5. The van der Waals surface area contributed by atoms with E-state index in [1.54, 1.807) is 0 Å². The SMILES string of the molecule is Cc1cc(C)c(B(c2cc(-c3cccc(-c4ccccn4)n3)c3ccc4c(-c5cccc(-c6ccccn6)n5)ccc5c4c3c2CC5)c2c(C)cc(C)cc2C)c(C)c1. The Labute approximate surface area is 347 Å². The molecule has 59 heavy (non-hydrogen) atoms. The lowest BCUT2D eigenvalue weighted by atomic mass is 9.33. The molecule has 0 spiro atoms. The molecule has 10 rings (SSSR count). The maximum absolute atomic E-state index is 5.38. The average Bonchev–Trinajstić information content (AvgIpc) is 3.25. The van der Waals surface area contributed by atoms with E-state index < -0.39 is 0 Å². The van der Waals surface area contributed by atoms with E-state index in [2.05, 4.69) is 131 Å². The van der Waals surface area contributed by atoms with Crippen molar-refractivity contribution in [3.8, 4) is 45.3 Å². The Bertz CT molecular complexity index is 3010. The smallest absolute Gasteiger partial charge is 0.242 e. The Hall–Kier alpha value is -6.72. The molecule has 0 fully saturated rings. The number of benzene rings is 5. The van der Waals surface area contributed by atoms with Crippen LogP contribution in [0.4, 0.5) is 0 Å². The van der Waals surface area contributed by atoms with Gasteiger partial charge in [0.2, 0.25) is 6.71 Å². The third-order valence-electron chi connectivity index (χ3n) is 12.4. The summed E-state index contributed by atoms with van der Waals surface area (Å²) in [5, 5.41) is 5.10. The van der Waals surface area contributed by atoms with Crippen molar-refractivity contribution in [1.82, 2.24) is 19.9 Å². The van der Waals surface area contributed by atoms with Crippen LogP contribution in [0.5, 0.6) is 0 Å². The zero-order chi connectivity index (χ0) is 40.4. The van der Waals surface area contributed by atoms with Gasteiger partial charge in [0, 0.05) is 23.5 Å². The Morgan fingerprint density at radius 2 is 0.915 bits per heavy atom. The highest BCUT2D eigenvalue weighted by molar-refractivity contribution is 6.97. The summed E-state index contributed by atoms with van der Waals surface area (Å²) in [6, 6.07) is 45.9. The third kappa shape index (κ3) is 6.33. The minimum atomic E-state index is 0.0185. The van der Waals surface area contributed by atoms with Gasteiger partial charge in [-0.2, -0.15) is 0 Å². The van der Waals surface area contributed by atoms with Crippen molar-refractivity contribution in [1.29, 1.82) is 0 Å². The van der Waals surface area contributed by atoms with Crippen molar-refractivity contribution in [2.75, 3.05) is 0 Å². The summed E-state index contributed by atoms with van der Waals surface area (Å²) >= 11 is 0. The summed E-state index contributed by atoms with van der Waals surface area (Å²) in [4.78, 5) is 19.9. The summed E-state index contributed by atoms with van der Waals surface area (Å²) in [5.74, 6) is 0. The number of aromatic nitrogens is 4. The highest BCUT2D eigenvalue weighted by Gasteiger charge is 2.33. The molecule has 0 amide bonds. The van der Waals surface area contributed by atoms with Gasteiger partial charge in [0.15, 0.2) is 0 Å². The molecule has 0 radical (unpaired) electrons. The first kappa shape index (κ1) is 36.6. The average molecular weight is 761 g/mol. The van der Waals surface area contributed by atoms with Crippen molar-refractivity contribution in [2.24, 2.45) is 0 Å². The normalized spacial score (nSPS) is 12.1. The largest absolute Gasteiger partial charge is 0.255 e. The Morgan fingerprint density at radius 1 is 0.424 bits per heavy atom. The molecule has 0 saturated carbocycles. The number of pyridine rings is 4. The molecule has 4 nitrogen and oxygen atoms in total. The second kappa shape index (κ2) is 14.6. The van der Waals surface area contributed by atoms with Gasteiger partial charge in [-0.25, -0.2) is 9.97 Å². The Kier molecular flexibility index (Phi) is 9.05. The summed E-state index contributed by atoms with van der Waals surface area (Å²) in [6.45, 7) is 13.7. The molecule has 1 aliphatic rings. The fourth-order valence-corrected chi connectivity index (χ4v) is 10.2. The zero-order valence-electron chi connectivity index (χ0n) is 34.6. The molecule has 4 heterocycles. The predicted octanol–water partition coefficient (Wildman–Crippen LogP) is 10.7. The number of rotatable bonds is 7. The lowest BCUT2D eigenvalue weighted by molar-refractivity contribution is 0.974. The van der Waals surface area contributed by atoms with E-state index in [0.29, 0.717) is 0 Å². The van der Waals surface area contributed by atoms with E-state index >= 15 is 0 Å². The van der Waals surface area contributed by atoms with E-state index in [1.807, 2.05) is 54.9 Å². The van der Waals surface area contributed by atoms with Crippen LogP contribution in [0.25, 0.3) is 66.8 Å². The van der Waals surface area contributed by atoms with Crippen molar-refractivity contribution < 1.29 is 0 Å². The molecule has 0 saturated heterocycles. The van der Waals surface area contributed by atoms with Gasteiger partial charge in [-0.15, -0.1) is 0 Å². The van der Waals surface area contributed by atoms with Gasteiger partial charge in [-0.05, 0) is 136 Å². The number of aryl methyl sites for hydroxylation is 8. The lowest BCUT2D eigenvalue weighted by Crippen LogP contribution is -2.57. The number of hydrogen-bond donors (Lipinski definition) is 0. The molecule has 0 atom stereocenters. The molecule has 9 aromatic rings. The topological polar surface area (TPSA) is 51.6 Å². The Balaban J connectivity index is 1.32. The molecular formula is C54H45BN4. The quantitative estimate of drug-likeness (QED) is 0.120. The van der Waals surface area contributed by atoms with Gasteiger partial charge in [0.25, 0.3) is 0 Å². The molecule has 284 valence electrons. The van der Waals surface area contributed by atoms with E-state index in [0.717, 1.165) is 58.1 Å². The molecule has 0 N–H and O–H groups in total. The van der Waals surface area contributed by atoms with Crippen molar-refractivity contribution >= 4 is 44.6 Å².